The minimum absolute atomic E-state index is 0.0949. The third-order valence-electron chi connectivity index (χ3n) is 4.33. The number of carbonyl (C=O) groups is 1. The Labute approximate surface area is 127 Å². The molecule has 21 heavy (non-hydrogen) atoms. The van der Waals surface area contributed by atoms with Gasteiger partial charge < -0.3 is 15.8 Å². The molecule has 1 amide bonds. The van der Waals surface area contributed by atoms with E-state index in [1.54, 1.807) is 0 Å². The largest absolute Gasteiger partial charge is 0.492 e. The second kappa shape index (κ2) is 7.46. The minimum Gasteiger partial charge on any atom is -0.492 e. The van der Waals surface area contributed by atoms with Gasteiger partial charge in [0.25, 0.3) is 0 Å². The van der Waals surface area contributed by atoms with Gasteiger partial charge in [-0.2, -0.15) is 0 Å². The van der Waals surface area contributed by atoms with Crippen molar-refractivity contribution in [2.24, 2.45) is 11.1 Å². The van der Waals surface area contributed by atoms with Gasteiger partial charge >= 0.3 is 0 Å². The lowest BCUT2D eigenvalue weighted by Gasteiger charge is -2.34. The predicted octanol–water partition coefficient (Wildman–Crippen LogP) is 2.40. The number of ether oxygens (including phenoxy) is 1. The predicted molar refractivity (Wildman–Crippen MR) is 84.3 cm³/mol. The number of hydrogen-bond acceptors (Lipinski definition) is 3. The maximum atomic E-state index is 12.4. The summed E-state index contributed by atoms with van der Waals surface area (Å²) in [7, 11) is 0. The highest BCUT2D eigenvalue weighted by atomic mass is 16.5. The van der Waals surface area contributed by atoms with Gasteiger partial charge in [-0.15, -0.1) is 0 Å². The van der Waals surface area contributed by atoms with Crippen LogP contribution in [0.4, 0.5) is 0 Å². The molecule has 0 aliphatic heterocycles. The number of rotatable bonds is 6. The lowest BCUT2D eigenvalue weighted by Crippen LogP contribution is -2.48. The molecular formula is C17H26N2O2. The summed E-state index contributed by atoms with van der Waals surface area (Å²) in [6.07, 6.45) is 5.24. The van der Waals surface area contributed by atoms with Gasteiger partial charge in [0.15, 0.2) is 0 Å². The van der Waals surface area contributed by atoms with Crippen molar-refractivity contribution in [3.63, 3.8) is 0 Å². The molecule has 4 heteroatoms. The Morgan fingerprint density at radius 3 is 2.76 bits per heavy atom. The standard InChI is InChI=1S/C17H26N2O2/c1-14-6-5-7-15(12-14)21-11-10-19-16(20)17(13-18)8-3-2-4-9-17/h5-7,12H,2-4,8-11,13,18H2,1H3,(H,19,20). The molecule has 1 fully saturated rings. The highest BCUT2D eigenvalue weighted by Crippen LogP contribution is 2.35. The van der Waals surface area contributed by atoms with Gasteiger partial charge in [-0.25, -0.2) is 0 Å². The molecule has 1 aromatic carbocycles. The molecule has 0 saturated heterocycles. The summed E-state index contributed by atoms with van der Waals surface area (Å²) in [5.41, 5.74) is 6.68. The molecule has 0 atom stereocenters. The molecule has 1 saturated carbocycles. The molecule has 3 N–H and O–H groups in total. The van der Waals surface area contributed by atoms with Crippen LogP contribution < -0.4 is 15.8 Å². The smallest absolute Gasteiger partial charge is 0.227 e. The van der Waals surface area contributed by atoms with Crippen LogP contribution in [0.5, 0.6) is 5.75 Å². The van der Waals surface area contributed by atoms with Crippen LogP contribution in [0, 0.1) is 12.3 Å². The van der Waals surface area contributed by atoms with E-state index < -0.39 is 0 Å². The lowest BCUT2D eigenvalue weighted by atomic mass is 9.73. The average molecular weight is 290 g/mol. The second-order valence-corrected chi connectivity index (χ2v) is 5.97. The Kier molecular flexibility index (Phi) is 5.62. The van der Waals surface area contributed by atoms with Crippen molar-refractivity contribution in [1.82, 2.24) is 5.32 Å². The summed E-state index contributed by atoms with van der Waals surface area (Å²) >= 11 is 0. The van der Waals surface area contributed by atoms with E-state index >= 15 is 0 Å². The number of benzene rings is 1. The number of nitrogens with two attached hydrogens (primary N) is 1. The molecule has 0 radical (unpaired) electrons. The van der Waals surface area contributed by atoms with Crippen LogP contribution in [0.3, 0.4) is 0 Å². The first-order valence-electron chi connectivity index (χ1n) is 7.84. The van der Waals surface area contributed by atoms with Crippen molar-refractivity contribution in [1.29, 1.82) is 0 Å². The molecule has 4 nitrogen and oxygen atoms in total. The van der Waals surface area contributed by atoms with Crippen molar-refractivity contribution < 1.29 is 9.53 Å². The van der Waals surface area contributed by atoms with Gasteiger partial charge in [0, 0.05) is 6.54 Å². The normalized spacial score (nSPS) is 17.2. The van der Waals surface area contributed by atoms with Crippen molar-refractivity contribution in [2.75, 3.05) is 19.7 Å². The van der Waals surface area contributed by atoms with E-state index in [0.29, 0.717) is 19.7 Å². The van der Waals surface area contributed by atoms with Gasteiger partial charge in [0.1, 0.15) is 12.4 Å². The Bertz CT molecular complexity index is 468. The molecule has 1 aliphatic carbocycles. The summed E-state index contributed by atoms with van der Waals surface area (Å²) in [6.45, 7) is 3.48. The zero-order valence-electron chi connectivity index (χ0n) is 12.9. The first-order valence-corrected chi connectivity index (χ1v) is 7.84. The van der Waals surface area contributed by atoms with E-state index in [1.165, 1.54) is 12.0 Å². The SMILES string of the molecule is Cc1cccc(OCCNC(=O)C2(CN)CCCCC2)c1. The van der Waals surface area contributed by atoms with Crippen LogP contribution in [-0.2, 0) is 4.79 Å². The maximum Gasteiger partial charge on any atom is 0.227 e. The summed E-state index contributed by atoms with van der Waals surface area (Å²) in [5, 5.41) is 2.99. The molecule has 116 valence electrons. The topological polar surface area (TPSA) is 64.3 Å². The Morgan fingerprint density at radius 1 is 1.33 bits per heavy atom. The van der Waals surface area contributed by atoms with Crippen LogP contribution in [-0.4, -0.2) is 25.6 Å². The van der Waals surface area contributed by atoms with Crippen molar-refractivity contribution in [3.8, 4) is 5.75 Å². The molecule has 1 aromatic rings. The van der Waals surface area contributed by atoms with Gasteiger partial charge in [0.2, 0.25) is 5.91 Å². The quantitative estimate of drug-likeness (QED) is 0.791. The fourth-order valence-electron chi connectivity index (χ4n) is 2.98. The Morgan fingerprint density at radius 2 is 2.10 bits per heavy atom. The van der Waals surface area contributed by atoms with Crippen LogP contribution >= 0.6 is 0 Å². The number of hydrogen-bond donors (Lipinski definition) is 2. The molecule has 0 spiro atoms. The second-order valence-electron chi connectivity index (χ2n) is 5.97. The molecule has 0 aromatic heterocycles. The lowest BCUT2D eigenvalue weighted by molar-refractivity contribution is -0.132. The van der Waals surface area contributed by atoms with E-state index in [9.17, 15) is 4.79 Å². The number of nitrogens with one attached hydrogen (secondary N) is 1. The van der Waals surface area contributed by atoms with Crippen LogP contribution in [0.15, 0.2) is 24.3 Å². The molecule has 1 aliphatic rings. The first-order chi connectivity index (χ1) is 10.2. The fourth-order valence-corrected chi connectivity index (χ4v) is 2.98. The van der Waals surface area contributed by atoms with Gasteiger partial charge in [-0.05, 0) is 37.5 Å². The number of amides is 1. The fraction of sp³-hybridized carbons (Fsp3) is 0.588. The van der Waals surface area contributed by atoms with Crippen molar-refractivity contribution in [2.45, 2.75) is 39.0 Å². The third-order valence-corrected chi connectivity index (χ3v) is 4.33. The highest BCUT2D eigenvalue weighted by Gasteiger charge is 2.37. The average Bonchev–Trinajstić information content (AvgIpc) is 2.52. The zero-order chi connectivity index (χ0) is 15.1. The monoisotopic (exact) mass is 290 g/mol. The van der Waals surface area contributed by atoms with Crippen molar-refractivity contribution >= 4 is 5.91 Å². The highest BCUT2D eigenvalue weighted by molar-refractivity contribution is 5.83. The van der Waals surface area contributed by atoms with Crippen LogP contribution in [0.25, 0.3) is 0 Å². The molecule has 0 heterocycles. The van der Waals surface area contributed by atoms with Gasteiger partial charge in [-0.3, -0.25) is 4.79 Å². The molecular weight excluding hydrogens is 264 g/mol. The third kappa shape index (κ3) is 4.21. The van der Waals surface area contributed by atoms with E-state index in [4.69, 9.17) is 10.5 Å². The number of aryl methyl sites for hydroxylation is 1. The Hall–Kier alpha value is -1.55. The van der Waals surface area contributed by atoms with E-state index in [1.807, 2.05) is 31.2 Å². The molecule has 2 rings (SSSR count). The summed E-state index contributed by atoms with van der Waals surface area (Å²) in [4.78, 5) is 12.4. The number of carbonyl (C=O) groups excluding carboxylic acids is 1. The van der Waals surface area contributed by atoms with E-state index in [-0.39, 0.29) is 11.3 Å². The summed E-state index contributed by atoms with van der Waals surface area (Å²) < 4.78 is 5.65. The van der Waals surface area contributed by atoms with Crippen LogP contribution in [0.2, 0.25) is 0 Å². The Balaban J connectivity index is 1.76. The summed E-state index contributed by atoms with van der Waals surface area (Å²) in [5.74, 6) is 0.938. The van der Waals surface area contributed by atoms with E-state index in [2.05, 4.69) is 5.32 Å². The van der Waals surface area contributed by atoms with E-state index in [0.717, 1.165) is 31.4 Å². The first kappa shape index (κ1) is 15.8. The van der Waals surface area contributed by atoms with Gasteiger partial charge in [-0.1, -0.05) is 31.4 Å². The summed E-state index contributed by atoms with van der Waals surface area (Å²) in [6, 6.07) is 7.92. The molecule has 0 bridgehead atoms. The maximum absolute atomic E-state index is 12.4. The van der Waals surface area contributed by atoms with Crippen LogP contribution in [0.1, 0.15) is 37.7 Å². The zero-order valence-corrected chi connectivity index (χ0v) is 12.9. The minimum atomic E-state index is -0.346. The molecule has 0 unspecified atom stereocenters. The van der Waals surface area contributed by atoms with Gasteiger partial charge in [0.05, 0.1) is 12.0 Å². The van der Waals surface area contributed by atoms with Crippen molar-refractivity contribution in [3.05, 3.63) is 29.8 Å².